The lowest BCUT2D eigenvalue weighted by molar-refractivity contribution is -0.137. The summed E-state index contributed by atoms with van der Waals surface area (Å²) >= 11 is 10.6. The third-order valence-corrected chi connectivity index (χ3v) is 4.39. The summed E-state index contributed by atoms with van der Waals surface area (Å²) in [5.41, 5.74) is -0.875. The zero-order valence-corrected chi connectivity index (χ0v) is 13.9. The molecule has 1 N–H and O–H groups in total. The van der Waals surface area contributed by atoms with Gasteiger partial charge in [-0.1, -0.05) is 11.6 Å². The first-order valence-electron chi connectivity index (χ1n) is 6.90. The maximum atomic E-state index is 12.7. The monoisotopic (exact) mass is 354 g/mol. The van der Waals surface area contributed by atoms with E-state index in [1.165, 1.54) is 0 Å². The molecule has 0 aromatic carbocycles. The van der Waals surface area contributed by atoms with Crippen LogP contribution in [0.4, 0.5) is 19.0 Å². The molecule has 1 aliphatic rings. The largest absolute Gasteiger partial charge is 0.417 e. The summed E-state index contributed by atoms with van der Waals surface area (Å²) in [6.07, 6.45) is -3.17. The zero-order valence-electron chi connectivity index (χ0n) is 12.2. The Morgan fingerprint density at radius 1 is 1.41 bits per heavy atom. The summed E-state index contributed by atoms with van der Waals surface area (Å²) in [4.78, 5) is 5.75. The van der Waals surface area contributed by atoms with E-state index in [1.807, 2.05) is 18.7 Å². The molecule has 1 aromatic heterocycles. The van der Waals surface area contributed by atoms with Gasteiger partial charge in [0.1, 0.15) is 5.82 Å². The summed E-state index contributed by atoms with van der Waals surface area (Å²) in [7, 11) is 0. The fraction of sp³-hybridized carbons (Fsp3) is 0.643. The van der Waals surface area contributed by atoms with Crippen molar-refractivity contribution in [3.8, 4) is 0 Å². The highest BCUT2D eigenvalue weighted by molar-refractivity contribution is 7.81. The highest BCUT2D eigenvalue weighted by Gasteiger charge is 2.38. The quantitative estimate of drug-likeness (QED) is 0.793. The minimum Gasteiger partial charge on any atom is -0.393 e. The van der Waals surface area contributed by atoms with E-state index in [2.05, 4.69) is 17.6 Å². The van der Waals surface area contributed by atoms with Gasteiger partial charge in [0, 0.05) is 23.5 Å². The van der Waals surface area contributed by atoms with Crippen molar-refractivity contribution in [2.45, 2.75) is 49.8 Å². The number of rotatable bonds is 2. The second-order valence-corrected chi connectivity index (χ2v) is 7.63. The Hall–Kier alpha value is -0.660. The highest BCUT2D eigenvalue weighted by atomic mass is 35.5. The zero-order chi connectivity index (χ0) is 16.7. The molecule has 8 heteroatoms. The summed E-state index contributed by atoms with van der Waals surface area (Å²) in [6, 6.07) is 0.707. The molecule has 3 nitrogen and oxygen atoms in total. The SMILES string of the molecule is CC(C)(S)C1CC(O)CCN1c1ncc(C(F)(F)F)cc1Cl. The first-order valence-corrected chi connectivity index (χ1v) is 7.72. The molecule has 1 aliphatic heterocycles. The van der Waals surface area contributed by atoms with Gasteiger partial charge in [-0.15, -0.1) is 0 Å². The van der Waals surface area contributed by atoms with Gasteiger partial charge < -0.3 is 10.0 Å². The molecule has 0 aliphatic carbocycles. The Balaban J connectivity index is 2.37. The van der Waals surface area contributed by atoms with Gasteiger partial charge in [0.2, 0.25) is 0 Å². The molecule has 0 spiro atoms. The molecule has 22 heavy (non-hydrogen) atoms. The van der Waals surface area contributed by atoms with Gasteiger partial charge in [-0.05, 0) is 32.8 Å². The first-order chi connectivity index (χ1) is 10.00. The van der Waals surface area contributed by atoms with E-state index in [0.717, 1.165) is 12.3 Å². The molecular weight excluding hydrogens is 337 g/mol. The van der Waals surface area contributed by atoms with Crippen LogP contribution in [-0.2, 0) is 6.18 Å². The maximum absolute atomic E-state index is 12.7. The van der Waals surface area contributed by atoms with Gasteiger partial charge in [-0.3, -0.25) is 0 Å². The van der Waals surface area contributed by atoms with Crippen LogP contribution in [0.2, 0.25) is 5.02 Å². The van der Waals surface area contributed by atoms with E-state index in [9.17, 15) is 18.3 Å². The van der Waals surface area contributed by atoms with Gasteiger partial charge >= 0.3 is 6.18 Å². The van der Waals surface area contributed by atoms with E-state index in [4.69, 9.17) is 11.6 Å². The van der Waals surface area contributed by atoms with E-state index >= 15 is 0 Å². The number of aliphatic hydroxyl groups excluding tert-OH is 1. The van der Waals surface area contributed by atoms with E-state index < -0.39 is 22.6 Å². The average Bonchev–Trinajstić information content (AvgIpc) is 2.37. The van der Waals surface area contributed by atoms with Crippen molar-refractivity contribution in [3.05, 3.63) is 22.8 Å². The van der Waals surface area contributed by atoms with Crippen LogP contribution in [0.5, 0.6) is 0 Å². The van der Waals surface area contributed by atoms with Gasteiger partial charge in [0.15, 0.2) is 0 Å². The number of halogens is 4. The predicted octanol–water partition coefficient (Wildman–Crippen LogP) is 3.79. The van der Waals surface area contributed by atoms with Crippen LogP contribution in [0, 0.1) is 0 Å². The van der Waals surface area contributed by atoms with E-state index in [0.29, 0.717) is 25.2 Å². The second kappa shape index (κ2) is 6.09. The third kappa shape index (κ3) is 3.81. The number of nitrogens with zero attached hydrogens (tertiary/aromatic N) is 2. The Kier molecular flexibility index (Phi) is 4.90. The highest BCUT2D eigenvalue weighted by Crippen LogP contribution is 2.38. The minimum absolute atomic E-state index is 0.0474. The minimum atomic E-state index is -4.48. The number of thiol groups is 1. The lowest BCUT2D eigenvalue weighted by atomic mass is 9.90. The second-order valence-electron chi connectivity index (χ2n) is 6.07. The van der Waals surface area contributed by atoms with Crippen LogP contribution in [0.25, 0.3) is 0 Å². The van der Waals surface area contributed by atoms with Crippen molar-refractivity contribution in [1.82, 2.24) is 4.98 Å². The molecule has 2 unspecified atom stereocenters. The summed E-state index contributed by atoms with van der Waals surface area (Å²) < 4.78 is 37.6. The Bertz CT molecular complexity index is 548. The van der Waals surface area contributed by atoms with Crippen LogP contribution in [0.1, 0.15) is 32.3 Å². The van der Waals surface area contributed by atoms with E-state index in [1.54, 1.807) is 0 Å². The van der Waals surface area contributed by atoms with Gasteiger partial charge in [0.25, 0.3) is 0 Å². The molecule has 0 radical (unpaired) electrons. The first kappa shape index (κ1) is 17.7. The summed E-state index contributed by atoms with van der Waals surface area (Å²) in [6.45, 7) is 4.25. The molecule has 124 valence electrons. The molecule has 2 rings (SSSR count). The summed E-state index contributed by atoms with van der Waals surface area (Å²) in [5.74, 6) is 0.300. The molecule has 0 amide bonds. The number of piperidine rings is 1. The number of hydrogen-bond acceptors (Lipinski definition) is 4. The van der Waals surface area contributed by atoms with Crippen molar-refractivity contribution in [3.63, 3.8) is 0 Å². The van der Waals surface area contributed by atoms with Crippen molar-refractivity contribution in [2.75, 3.05) is 11.4 Å². The fourth-order valence-corrected chi connectivity index (χ4v) is 3.19. The molecule has 0 saturated carbocycles. The molecular formula is C14H18ClF3N2OS. The van der Waals surface area contributed by atoms with Gasteiger partial charge in [-0.25, -0.2) is 4.98 Å². The molecule has 0 bridgehead atoms. The van der Waals surface area contributed by atoms with Crippen molar-refractivity contribution < 1.29 is 18.3 Å². The Morgan fingerprint density at radius 3 is 2.55 bits per heavy atom. The maximum Gasteiger partial charge on any atom is 0.417 e. The van der Waals surface area contributed by atoms with Crippen molar-refractivity contribution in [1.29, 1.82) is 0 Å². The number of pyridine rings is 1. The number of anilines is 1. The lowest BCUT2D eigenvalue weighted by Gasteiger charge is -2.45. The third-order valence-electron chi connectivity index (χ3n) is 3.81. The number of aliphatic hydroxyl groups is 1. The van der Waals surface area contributed by atoms with Gasteiger partial charge in [0.05, 0.1) is 16.7 Å². The average molecular weight is 355 g/mol. The Labute approximate surface area is 137 Å². The molecule has 1 fully saturated rings. The van der Waals surface area contributed by atoms with Gasteiger partial charge in [-0.2, -0.15) is 25.8 Å². The number of alkyl halides is 3. The van der Waals surface area contributed by atoms with Crippen molar-refractivity contribution >= 4 is 30.0 Å². The standard InChI is InChI=1S/C14H18ClF3N2OS/c1-13(2,22)11-6-9(21)3-4-20(11)12-10(15)5-8(7-19-12)14(16,17)18/h5,7,9,11,21-22H,3-4,6H2,1-2H3. The topological polar surface area (TPSA) is 36.4 Å². The number of hydrogen-bond donors (Lipinski definition) is 2. The van der Waals surface area contributed by atoms with Crippen LogP contribution >= 0.6 is 24.2 Å². The molecule has 1 saturated heterocycles. The van der Waals surface area contributed by atoms with E-state index in [-0.39, 0.29) is 11.1 Å². The van der Waals surface area contributed by atoms with Crippen LogP contribution in [0.3, 0.4) is 0 Å². The molecule has 1 aromatic rings. The fourth-order valence-electron chi connectivity index (χ4n) is 2.67. The Morgan fingerprint density at radius 2 is 2.05 bits per heavy atom. The summed E-state index contributed by atoms with van der Waals surface area (Å²) in [5, 5.41) is 9.82. The molecule has 2 atom stereocenters. The van der Waals surface area contributed by atoms with Crippen LogP contribution < -0.4 is 4.90 Å². The predicted molar refractivity (Wildman–Crippen MR) is 83.7 cm³/mol. The van der Waals surface area contributed by atoms with Crippen LogP contribution in [-0.4, -0.2) is 33.5 Å². The smallest absolute Gasteiger partial charge is 0.393 e. The molecule has 2 heterocycles. The normalized spacial score (nSPS) is 23.7. The van der Waals surface area contributed by atoms with Crippen molar-refractivity contribution in [2.24, 2.45) is 0 Å². The lowest BCUT2D eigenvalue weighted by Crippen LogP contribution is -2.53. The van der Waals surface area contributed by atoms with Crippen LogP contribution in [0.15, 0.2) is 12.3 Å². The number of aromatic nitrogens is 1.